The maximum absolute atomic E-state index is 12.1. The zero-order valence-corrected chi connectivity index (χ0v) is 11.1. The molecule has 1 aromatic carbocycles. The second-order valence-electron chi connectivity index (χ2n) is 4.79. The number of carbonyl (C=O) groups is 1. The number of hydrogen-bond donors (Lipinski definition) is 3. The van der Waals surface area contributed by atoms with Gasteiger partial charge in [-0.05, 0) is 11.6 Å². The minimum atomic E-state index is -0.380. The summed E-state index contributed by atoms with van der Waals surface area (Å²) in [5, 5.41) is 15.6. The molecule has 1 saturated heterocycles. The van der Waals surface area contributed by atoms with Crippen molar-refractivity contribution in [3.63, 3.8) is 0 Å². The van der Waals surface area contributed by atoms with Crippen molar-refractivity contribution >= 4 is 5.91 Å². The van der Waals surface area contributed by atoms with Crippen molar-refractivity contribution in [3.8, 4) is 0 Å². The lowest BCUT2D eigenvalue weighted by Crippen LogP contribution is -2.34. The molecule has 104 valence electrons. The van der Waals surface area contributed by atoms with Crippen molar-refractivity contribution in [1.82, 2.24) is 10.6 Å². The van der Waals surface area contributed by atoms with Crippen LogP contribution in [0.3, 0.4) is 0 Å². The molecule has 2 atom stereocenters. The molecule has 1 amide bonds. The Labute approximate surface area is 113 Å². The van der Waals surface area contributed by atoms with Crippen LogP contribution in [0, 0.1) is 5.92 Å². The molecular formula is C14H20N2O3. The number of methoxy groups -OCH3 is 1. The molecule has 0 aromatic heterocycles. The SMILES string of the molecule is COCc1ccccc1C(=O)NCC1CNCC1O. The first kappa shape index (κ1) is 14.0. The van der Waals surface area contributed by atoms with Crippen LogP contribution < -0.4 is 10.6 Å². The zero-order chi connectivity index (χ0) is 13.7. The first-order chi connectivity index (χ1) is 9.22. The fourth-order valence-corrected chi connectivity index (χ4v) is 2.27. The molecule has 1 heterocycles. The van der Waals surface area contributed by atoms with Crippen LogP contribution in [-0.2, 0) is 11.3 Å². The Balaban J connectivity index is 1.95. The summed E-state index contributed by atoms with van der Waals surface area (Å²) >= 11 is 0. The van der Waals surface area contributed by atoms with Crippen LogP contribution in [0.5, 0.6) is 0 Å². The molecule has 1 aliphatic rings. The van der Waals surface area contributed by atoms with E-state index < -0.39 is 0 Å². The number of rotatable bonds is 5. The van der Waals surface area contributed by atoms with E-state index in [1.165, 1.54) is 0 Å². The first-order valence-electron chi connectivity index (χ1n) is 6.46. The number of benzene rings is 1. The van der Waals surface area contributed by atoms with Crippen molar-refractivity contribution in [2.45, 2.75) is 12.7 Å². The standard InChI is InChI=1S/C14H20N2O3/c1-19-9-10-4-2-3-5-12(10)14(18)16-7-11-6-15-8-13(11)17/h2-5,11,13,15,17H,6-9H2,1H3,(H,16,18). The maximum Gasteiger partial charge on any atom is 0.251 e. The fraction of sp³-hybridized carbons (Fsp3) is 0.500. The highest BCUT2D eigenvalue weighted by Crippen LogP contribution is 2.11. The van der Waals surface area contributed by atoms with Crippen molar-refractivity contribution in [3.05, 3.63) is 35.4 Å². The largest absolute Gasteiger partial charge is 0.391 e. The van der Waals surface area contributed by atoms with E-state index in [0.717, 1.165) is 12.1 Å². The highest BCUT2D eigenvalue weighted by atomic mass is 16.5. The number of ether oxygens (including phenoxy) is 1. The highest BCUT2D eigenvalue weighted by molar-refractivity contribution is 5.95. The Kier molecular flexibility index (Phi) is 4.90. The quantitative estimate of drug-likeness (QED) is 0.707. The van der Waals surface area contributed by atoms with E-state index in [1.54, 1.807) is 13.2 Å². The van der Waals surface area contributed by atoms with Crippen LogP contribution in [0.15, 0.2) is 24.3 Å². The zero-order valence-electron chi connectivity index (χ0n) is 11.1. The highest BCUT2D eigenvalue weighted by Gasteiger charge is 2.25. The number of aliphatic hydroxyl groups excluding tert-OH is 1. The van der Waals surface area contributed by atoms with Crippen LogP contribution in [0.1, 0.15) is 15.9 Å². The normalized spacial score (nSPS) is 22.4. The Morgan fingerprint density at radius 2 is 2.26 bits per heavy atom. The molecule has 2 unspecified atom stereocenters. The second kappa shape index (κ2) is 6.65. The van der Waals surface area contributed by atoms with Crippen LogP contribution in [0.2, 0.25) is 0 Å². The van der Waals surface area contributed by atoms with Crippen molar-refractivity contribution in [1.29, 1.82) is 0 Å². The molecule has 19 heavy (non-hydrogen) atoms. The molecule has 0 saturated carbocycles. The minimum absolute atomic E-state index is 0.0820. The number of hydrogen-bond acceptors (Lipinski definition) is 4. The van der Waals surface area contributed by atoms with E-state index in [1.807, 2.05) is 18.2 Å². The average Bonchev–Trinajstić information content (AvgIpc) is 2.82. The van der Waals surface area contributed by atoms with E-state index in [4.69, 9.17) is 4.74 Å². The summed E-state index contributed by atoms with van der Waals surface area (Å²) in [7, 11) is 1.61. The third-order valence-electron chi connectivity index (χ3n) is 3.39. The molecule has 1 aliphatic heterocycles. The second-order valence-corrected chi connectivity index (χ2v) is 4.79. The Bertz CT molecular complexity index is 436. The molecule has 0 radical (unpaired) electrons. The molecule has 2 rings (SSSR count). The smallest absolute Gasteiger partial charge is 0.251 e. The summed E-state index contributed by atoms with van der Waals surface area (Å²) in [4.78, 5) is 12.1. The van der Waals surface area contributed by atoms with Gasteiger partial charge < -0.3 is 20.5 Å². The van der Waals surface area contributed by atoms with Gasteiger partial charge in [-0.2, -0.15) is 0 Å². The molecule has 1 fully saturated rings. The molecule has 1 aromatic rings. The molecule has 5 heteroatoms. The van der Waals surface area contributed by atoms with Crippen molar-refractivity contribution in [2.24, 2.45) is 5.92 Å². The number of amides is 1. The van der Waals surface area contributed by atoms with Crippen LogP contribution in [0.25, 0.3) is 0 Å². The first-order valence-corrected chi connectivity index (χ1v) is 6.46. The Morgan fingerprint density at radius 3 is 2.95 bits per heavy atom. The van der Waals surface area contributed by atoms with E-state index in [9.17, 15) is 9.90 Å². The molecule has 5 nitrogen and oxygen atoms in total. The van der Waals surface area contributed by atoms with Crippen molar-refractivity contribution in [2.75, 3.05) is 26.7 Å². The van der Waals surface area contributed by atoms with E-state index in [-0.39, 0.29) is 17.9 Å². The summed E-state index contributed by atoms with van der Waals surface area (Å²) in [6, 6.07) is 7.38. The van der Waals surface area contributed by atoms with Gasteiger partial charge in [0.25, 0.3) is 5.91 Å². The fourth-order valence-electron chi connectivity index (χ4n) is 2.27. The summed E-state index contributed by atoms with van der Waals surface area (Å²) in [5.74, 6) is -0.0368. The summed E-state index contributed by atoms with van der Waals surface area (Å²) in [6.07, 6.45) is -0.380. The van der Waals surface area contributed by atoms with Crippen LogP contribution in [0.4, 0.5) is 0 Å². The van der Waals surface area contributed by atoms with Gasteiger partial charge >= 0.3 is 0 Å². The minimum Gasteiger partial charge on any atom is -0.391 e. The van der Waals surface area contributed by atoms with Gasteiger partial charge in [0, 0.05) is 38.2 Å². The molecular weight excluding hydrogens is 244 g/mol. The van der Waals surface area contributed by atoms with Gasteiger partial charge in [0.15, 0.2) is 0 Å². The van der Waals surface area contributed by atoms with E-state index in [0.29, 0.717) is 25.3 Å². The van der Waals surface area contributed by atoms with Gasteiger partial charge in [0.05, 0.1) is 12.7 Å². The number of nitrogens with one attached hydrogen (secondary N) is 2. The summed E-state index contributed by atoms with van der Waals surface area (Å²) < 4.78 is 5.08. The molecule has 0 spiro atoms. The molecule has 3 N–H and O–H groups in total. The van der Waals surface area contributed by atoms with Crippen LogP contribution >= 0.6 is 0 Å². The van der Waals surface area contributed by atoms with Gasteiger partial charge in [0.1, 0.15) is 0 Å². The maximum atomic E-state index is 12.1. The van der Waals surface area contributed by atoms with Gasteiger partial charge in [-0.3, -0.25) is 4.79 Å². The number of aliphatic hydroxyl groups is 1. The average molecular weight is 264 g/mol. The third-order valence-corrected chi connectivity index (χ3v) is 3.39. The topological polar surface area (TPSA) is 70.6 Å². The lowest BCUT2D eigenvalue weighted by molar-refractivity contribution is 0.0922. The van der Waals surface area contributed by atoms with E-state index >= 15 is 0 Å². The Hall–Kier alpha value is -1.43. The van der Waals surface area contributed by atoms with Gasteiger partial charge in [-0.15, -0.1) is 0 Å². The monoisotopic (exact) mass is 264 g/mol. The lowest BCUT2D eigenvalue weighted by atomic mass is 10.1. The van der Waals surface area contributed by atoms with Gasteiger partial charge in [-0.1, -0.05) is 18.2 Å². The third kappa shape index (κ3) is 3.53. The molecule has 0 aliphatic carbocycles. The lowest BCUT2D eigenvalue weighted by Gasteiger charge is -2.15. The van der Waals surface area contributed by atoms with Crippen LogP contribution in [-0.4, -0.2) is 43.9 Å². The summed E-state index contributed by atoms with van der Waals surface area (Å²) in [6.45, 7) is 2.23. The predicted octanol–water partition coefficient (Wildman–Crippen LogP) is 0.143. The van der Waals surface area contributed by atoms with E-state index in [2.05, 4.69) is 10.6 Å². The van der Waals surface area contributed by atoms with Gasteiger partial charge in [-0.25, -0.2) is 0 Å². The number of carbonyl (C=O) groups excluding carboxylic acids is 1. The predicted molar refractivity (Wildman–Crippen MR) is 71.9 cm³/mol. The van der Waals surface area contributed by atoms with Crippen molar-refractivity contribution < 1.29 is 14.6 Å². The van der Waals surface area contributed by atoms with Gasteiger partial charge in [0.2, 0.25) is 0 Å². The summed E-state index contributed by atoms with van der Waals surface area (Å²) in [5.41, 5.74) is 1.50. The molecule has 0 bridgehead atoms. The number of β-amino-alcohol motifs (C(OH)–C–C–N with tert-alkyl or cyclic N) is 1. The Morgan fingerprint density at radius 1 is 1.47 bits per heavy atom.